The van der Waals surface area contributed by atoms with Gasteiger partial charge in [-0.15, -0.1) is 0 Å². The maximum atomic E-state index is 5.66. The summed E-state index contributed by atoms with van der Waals surface area (Å²) < 4.78 is 4.22. The third-order valence-corrected chi connectivity index (χ3v) is 5.80. The first-order valence-corrected chi connectivity index (χ1v) is 10.6. The first kappa shape index (κ1) is 21.2. The van der Waals surface area contributed by atoms with Crippen LogP contribution in [0.4, 0.5) is 11.4 Å². The molecule has 2 aromatic carbocycles. The van der Waals surface area contributed by atoms with Crippen molar-refractivity contribution in [2.45, 2.75) is 40.7 Å². The van der Waals surface area contributed by atoms with Gasteiger partial charge >= 0.3 is 0 Å². The molecule has 6 nitrogen and oxygen atoms in total. The van der Waals surface area contributed by atoms with E-state index in [0.717, 1.165) is 55.2 Å². The molecule has 0 aliphatic rings. The highest BCUT2D eigenvalue weighted by molar-refractivity contribution is 7.71. The van der Waals surface area contributed by atoms with E-state index in [1.807, 2.05) is 22.9 Å². The zero-order valence-electron chi connectivity index (χ0n) is 17.7. The van der Waals surface area contributed by atoms with Crippen LogP contribution in [0.25, 0.3) is 5.69 Å². The van der Waals surface area contributed by atoms with Gasteiger partial charge in [-0.1, -0.05) is 32.0 Å². The van der Waals surface area contributed by atoms with E-state index in [-0.39, 0.29) is 0 Å². The van der Waals surface area contributed by atoms with Crippen LogP contribution in [-0.2, 0) is 6.54 Å². The predicted molar refractivity (Wildman–Crippen MR) is 122 cm³/mol. The van der Waals surface area contributed by atoms with Gasteiger partial charge in [-0.3, -0.25) is 0 Å². The first-order chi connectivity index (χ1) is 14.0. The van der Waals surface area contributed by atoms with Crippen molar-refractivity contribution in [1.29, 1.82) is 0 Å². The van der Waals surface area contributed by atoms with Gasteiger partial charge in [-0.2, -0.15) is 4.68 Å². The van der Waals surface area contributed by atoms with Crippen LogP contribution < -0.4 is 5.32 Å². The molecule has 0 aliphatic carbocycles. The molecule has 3 aromatic rings. The van der Waals surface area contributed by atoms with Gasteiger partial charge in [0.2, 0.25) is 4.77 Å². The fourth-order valence-electron chi connectivity index (χ4n) is 3.40. The normalized spacial score (nSPS) is 11.2. The Hall–Kier alpha value is -2.51. The van der Waals surface area contributed by atoms with Gasteiger partial charge in [-0.05, 0) is 97.9 Å². The highest BCUT2D eigenvalue weighted by atomic mass is 32.1. The number of aromatic nitrogens is 4. The molecule has 0 saturated heterocycles. The van der Waals surface area contributed by atoms with Crippen molar-refractivity contribution < 1.29 is 0 Å². The van der Waals surface area contributed by atoms with E-state index in [9.17, 15) is 0 Å². The number of hydrogen-bond donors (Lipinski definition) is 1. The van der Waals surface area contributed by atoms with Gasteiger partial charge in [-0.25, -0.2) is 4.68 Å². The largest absolute Gasteiger partial charge is 0.355 e. The summed E-state index contributed by atoms with van der Waals surface area (Å²) >= 11 is 5.66. The smallest absolute Gasteiger partial charge is 0.220 e. The lowest BCUT2D eigenvalue weighted by atomic mass is 10.1. The van der Waals surface area contributed by atoms with Gasteiger partial charge in [0.25, 0.3) is 0 Å². The molecule has 0 bridgehead atoms. The molecule has 0 unspecified atom stereocenters. The Bertz CT molecular complexity index is 988. The van der Waals surface area contributed by atoms with Crippen LogP contribution in [-0.4, -0.2) is 44.3 Å². The Kier molecular flexibility index (Phi) is 7.17. The van der Waals surface area contributed by atoms with Gasteiger partial charge < -0.3 is 10.2 Å². The topological polar surface area (TPSA) is 50.9 Å². The number of benzene rings is 2. The molecule has 1 heterocycles. The highest BCUT2D eigenvalue weighted by Crippen LogP contribution is 2.27. The quantitative estimate of drug-likeness (QED) is 0.509. The van der Waals surface area contributed by atoms with Crippen molar-refractivity contribution in [1.82, 2.24) is 24.7 Å². The van der Waals surface area contributed by atoms with Crippen LogP contribution in [0, 0.1) is 18.6 Å². The monoisotopic (exact) mass is 410 g/mol. The van der Waals surface area contributed by atoms with Crippen LogP contribution >= 0.6 is 12.2 Å². The average Bonchev–Trinajstić information content (AvgIpc) is 3.10. The van der Waals surface area contributed by atoms with E-state index < -0.39 is 0 Å². The second-order valence-electron chi connectivity index (χ2n) is 7.15. The lowest BCUT2D eigenvalue weighted by Gasteiger charge is -2.17. The van der Waals surface area contributed by atoms with E-state index >= 15 is 0 Å². The summed E-state index contributed by atoms with van der Waals surface area (Å²) in [4.78, 5) is 2.40. The Morgan fingerprint density at radius 1 is 0.966 bits per heavy atom. The summed E-state index contributed by atoms with van der Waals surface area (Å²) in [5, 5.41) is 12.1. The van der Waals surface area contributed by atoms with E-state index in [1.165, 1.54) is 5.56 Å². The third-order valence-electron chi connectivity index (χ3n) is 5.42. The lowest BCUT2D eigenvalue weighted by molar-refractivity contribution is 0.290. The molecule has 0 saturated carbocycles. The van der Waals surface area contributed by atoms with E-state index in [4.69, 9.17) is 12.2 Å². The summed E-state index contributed by atoms with van der Waals surface area (Å²) in [5.41, 5.74) is 5.43. The Morgan fingerprint density at radius 2 is 1.69 bits per heavy atom. The second kappa shape index (κ2) is 9.80. The maximum absolute atomic E-state index is 5.66. The van der Waals surface area contributed by atoms with Crippen LogP contribution in [0.15, 0.2) is 42.5 Å². The molecule has 0 atom stereocenters. The molecule has 29 heavy (non-hydrogen) atoms. The van der Waals surface area contributed by atoms with Gasteiger partial charge in [0.1, 0.15) is 0 Å². The Morgan fingerprint density at radius 3 is 2.38 bits per heavy atom. The zero-order chi connectivity index (χ0) is 20.8. The van der Waals surface area contributed by atoms with Gasteiger partial charge in [0, 0.05) is 17.9 Å². The maximum Gasteiger partial charge on any atom is 0.220 e. The molecule has 0 aliphatic heterocycles. The lowest BCUT2D eigenvalue weighted by Crippen LogP contribution is -2.25. The SMILES string of the molecule is CCN(CC)CCCn1nnn(-c2ccc(Nc3ccccc3)c(C)c2C)c1=S. The van der Waals surface area contributed by atoms with E-state index in [0.29, 0.717) is 4.77 Å². The van der Waals surface area contributed by atoms with Gasteiger partial charge in [0.05, 0.1) is 5.69 Å². The third kappa shape index (κ3) is 4.92. The first-order valence-electron chi connectivity index (χ1n) is 10.2. The van der Waals surface area contributed by atoms with Crippen LogP contribution in [0.2, 0.25) is 0 Å². The molecule has 0 spiro atoms. The average molecular weight is 411 g/mol. The minimum absolute atomic E-state index is 0.635. The molecule has 1 aromatic heterocycles. The fourth-order valence-corrected chi connectivity index (χ4v) is 3.66. The Balaban J connectivity index is 1.78. The van der Waals surface area contributed by atoms with Crippen LogP contribution in [0.3, 0.4) is 0 Å². The van der Waals surface area contributed by atoms with Crippen LogP contribution in [0.1, 0.15) is 31.4 Å². The van der Waals surface area contributed by atoms with Crippen molar-refractivity contribution >= 4 is 23.6 Å². The minimum atomic E-state index is 0.635. The summed E-state index contributed by atoms with van der Waals surface area (Å²) in [6.45, 7) is 12.5. The minimum Gasteiger partial charge on any atom is -0.355 e. The molecule has 1 N–H and O–H groups in total. The number of rotatable bonds is 9. The van der Waals surface area contributed by atoms with Crippen molar-refractivity contribution in [2.75, 3.05) is 25.0 Å². The number of nitrogens with zero attached hydrogens (tertiary/aromatic N) is 5. The number of anilines is 2. The molecule has 0 radical (unpaired) electrons. The standard InChI is InChI=1S/C22H30N6S/c1-5-26(6-2)15-10-16-27-22(29)28(25-24-27)21-14-13-20(17(3)18(21)4)23-19-11-8-7-9-12-19/h7-9,11-14,23H,5-6,10,15-16H2,1-4H3. The van der Waals surface area contributed by atoms with Crippen molar-refractivity contribution in [3.63, 3.8) is 0 Å². The number of nitrogens with one attached hydrogen (secondary N) is 1. The summed E-state index contributed by atoms with van der Waals surface area (Å²) in [5.74, 6) is 0. The van der Waals surface area contributed by atoms with Crippen molar-refractivity contribution in [3.05, 3.63) is 58.4 Å². The molecule has 0 fully saturated rings. The molecule has 7 heteroatoms. The molecular formula is C22H30N6S. The second-order valence-corrected chi connectivity index (χ2v) is 7.52. The Labute approximate surface area is 178 Å². The number of hydrogen-bond acceptors (Lipinski definition) is 5. The van der Waals surface area contributed by atoms with Crippen molar-refractivity contribution in [2.24, 2.45) is 0 Å². The molecule has 154 valence electrons. The molecular weight excluding hydrogens is 380 g/mol. The summed E-state index contributed by atoms with van der Waals surface area (Å²) in [6.07, 6.45) is 1.01. The van der Waals surface area contributed by atoms with E-state index in [1.54, 1.807) is 4.68 Å². The fraction of sp³-hybridized carbons (Fsp3) is 0.409. The van der Waals surface area contributed by atoms with E-state index in [2.05, 4.69) is 72.6 Å². The summed E-state index contributed by atoms with van der Waals surface area (Å²) in [6, 6.07) is 14.3. The number of tetrazole rings is 1. The van der Waals surface area contributed by atoms with Crippen molar-refractivity contribution in [3.8, 4) is 5.69 Å². The molecule has 0 amide bonds. The highest BCUT2D eigenvalue weighted by Gasteiger charge is 2.12. The predicted octanol–water partition coefficient (Wildman–Crippen LogP) is 4.89. The number of para-hydroxylation sites is 1. The molecule has 3 rings (SSSR count). The number of aryl methyl sites for hydroxylation is 1. The summed E-state index contributed by atoms with van der Waals surface area (Å²) in [7, 11) is 0. The zero-order valence-corrected chi connectivity index (χ0v) is 18.5. The van der Waals surface area contributed by atoms with Gasteiger partial charge in [0.15, 0.2) is 0 Å². The van der Waals surface area contributed by atoms with Crippen LogP contribution in [0.5, 0.6) is 0 Å².